The van der Waals surface area contributed by atoms with Crippen molar-refractivity contribution in [3.8, 4) is 0 Å². The van der Waals surface area contributed by atoms with Crippen molar-refractivity contribution in [2.24, 2.45) is 0 Å². The molecule has 1 atom stereocenters. The Morgan fingerprint density at radius 3 is 2.37 bits per heavy atom. The number of aliphatic hydroxyl groups is 1. The van der Waals surface area contributed by atoms with E-state index in [2.05, 4.69) is 36.1 Å². The van der Waals surface area contributed by atoms with E-state index in [0.717, 1.165) is 28.7 Å². The molecule has 0 radical (unpaired) electrons. The summed E-state index contributed by atoms with van der Waals surface area (Å²) < 4.78 is 0. The lowest BCUT2D eigenvalue weighted by Gasteiger charge is -2.31. The monoisotopic (exact) mass is 283 g/mol. The number of rotatable bonds is 7. The van der Waals surface area contributed by atoms with Crippen LogP contribution in [0.3, 0.4) is 0 Å². The summed E-state index contributed by atoms with van der Waals surface area (Å²) in [4.78, 5) is 8.82. The van der Waals surface area contributed by atoms with E-state index in [9.17, 15) is 5.11 Å². The van der Waals surface area contributed by atoms with Crippen molar-refractivity contribution in [3.63, 3.8) is 0 Å². The minimum atomic E-state index is -0.236. The number of nitrogens with one attached hydrogen (secondary N) is 1. The lowest BCUT2D eigenvalue weighted by molar-refractivity contribution is 0.162. The van der Waals surface area contributed by atoms with Crippen LogP contribution in [-0.2, 0) is 0 Å². The van der Waals surface area contributed by atoms with Gasteiger partial charge in [-0.2, -0.15) is 0 Å². The van der Waals surface area contributed by atoms with Gasteiger partial charge in [0.1, 0.15) is 0 Å². The molecule has 0 fully saturated rings. The van der Waals surface area contributed by atoms with Gasteiger partial charge in [0, 0.05) is 28.7 Å². The first-order valence-electron chi connectivity index (χ1n) is 6.68. The fourth-order valence-corrected chi connectivity index (χ4v) is 3.17. The Hall–Kier alpha value is -0.650. The maximum absolute atomic E-state index is 9.52. The molecule has 1 heterocycles. The Labute approximate surface area is 120 Å². The fraction of sp³-hybridized carbons (Fsp3) is 0.714. The van der Waals surface area contributed by atoms with Crippen LogP contribution in [-0.4, -0.2) is 39.0 Å². The zero-order valence-electron chi connectivity index (χ0n) is 12.5. The molecular weight excluding hydrogens is 258 g/mol. The van der Waals surface area contributed by atoms with Crippen LogP contribution in [0.15, 0.2) is 11.2 Å². The van der Waals surface area contributed by atoms with Crippen LogP contribution in [0.1, 0.15) is 38.6 Å². The second-order valence-electron chi connectivity index (χ2n) is 5.55. The molecule has 0 spiro atoms. The molecule has 0 aromatic carbocycles. The summed E-state index contributed by atoms with van der Waals surface area (Å²) >= 11 is 1.64. The molecule has 0 aliphatic heterocycles. The van der Waals surface area contributed by atoms with Crippen molar-refractivity contribution in [1.29, 1.82) is 0 Å². The number of aryl methyl sites for hydroxylation is 2. The highest BCUT2D eigenvalue weighted by molar-refractivity contribution is 7.99. The van der Waals surface area contributed by atoms with E-state index >= 15 is 0 Å². The second kappa shape index (κ2) is 7.22. The van der Waals surface area contributed by atoms with Crippen molar-refractivity contribution in [1.82, 2.24) is 15.3 Å². The van der Waals surface area contributed by atoms with Gasteiger partial charge < -0.3 is 10.4 Å². The van der Waals surface area contributed by atoms with Crippen LogP contribution in [0.2, 0.25) is 0 Å². The van der Waals surface area contributed by atoms with Crippen LogP contribution >= 0.6 is 11.8 Å². The molecule has 0 aliphatic rings. The Balaban J connectivity index is 2.52. The van der Waals surface area contributed by atoms with Gasteiger partial charge in [-0.25, -0.2) is 9.97 Å². The minimum Gasteiger partial charge on any atom is -0.394 e. The predicted octanol–water partition coefficient (Wildman–Crippen LogP) is 2.32. The van der Waals surface area contributed by atoms with Gasteiger partial charge in [0.2, 0.25) is 0 Å². The molecule has 0 saturated carbocycles. The maximum atomic E-state index is 9.52. The van der Waals surface area contributed by atoms with Crippen molar-refractivity contribution >= 4 is 11.8 Å². The lowest BCUT2D eigenvalue weighted by Crippen LogP contribution is -2.49. The second-order valence-corrected chi connectivity index (χ2v) is 6.61. The minimum absolute atomic E-state index is 0.138. The number of thioether (sulfide) groups is 1. The van der Waals surface area contributed by atoms with Gasteiger partial charge in [-0.1, -0.05) is 25.6 Å². The molecule has 0 aliphatic carbocycles. The molecule has 0 bridgehead atoms. The Bertz CT molecular complexity index is 391. The van der Waals surface area contributed by atoms with E-state index < -0.39 is 0 Å². The van der Waals surface area contributed by atoms with Gasteiger partial charge in [-0.05, 0) is 33.3 Å². The molecular formula is C14H25N3OS. The van der Waals surface area contributed by atoms with Crippen molar-refractivity contribution in [3.05, 3.63) is 17.5 Å². The van der Waals surface area contributed by atoms with Gasteiger partial charge in [-0.15, -0.1) is 0 Å². The van der Waals surface area contributed by atoms with Gasteiger partial charge in [-0.3, -0.25) is 0 Å². The third kappa shape index (κ3) is 5.89. The smallest absolute Gasteiger partial charge is 0.187 e. The third-order valence-electron chi connectivity index (χ3n) is 2.83. The largest absolute Gasteiger partial charge is 0.394 e. The topological polar surface area (TPSA) is 58.0 Å². The zero-order chi connectivity index (χ0) is 14.5. The van der Waals surface area contributed by atoms with Crippen molar-refractivity contribution in [2.75, 3.05) is 12.4 Å². The molecule has 108 valence electrons. The van der Waals surface area contributed by atoms with E-state index in [-0.39, 0.29) is 12.1 Å². The van der Waals surface area contributed by atoms with Gasteiger partial charge in [0.25, 0.3) is 0 Å². The van der Waals surface area contributed by atoms with E-state index in [4.69, 9.17) is 0 Å². The highest BCUT2D eigenvalue weighted by Crippen LogP contribution is 2.20. The quantitative estimate of drug-likeness (QED) is 0.594. The normalized spacial score (nSPS) is 14.7. The van der Waals surface area contributed by atoms with E-state index in [1.54, 1.807) is 11.8 Å². The summed E-state index contributed by atoms with van der Waals surface area (Å²) in [6.45, 7) is 10.3. The van der Waals surface area contributed by atoms with E-state index in [1.165, 1.54) is 0 Å². The average molecular weight is 283 g/mol. The fourth-order valence-electron chi connectivity index (χ4n) is 2.02. The van der Waals surface area contributed by atoms with E-state index in [0.29, 0.717) is 6.04 Å². The summed E-state index contributed by atoms with van der Waals surface area (Å²) in [5.41, 5.74) is 1.76. The molecule has 1 aromatic rings. The molecule has 1 aromatic heterocycles. The standard InChI is InChI=1S/C14H25N3OS/c1-10(2)17-14(5,9-18)6-7-19-13-15-11(3)8-12(4)16-13/h8,10,17-18H,6-7,9H2,1-5H3. The first kappa shape index (κ1) is 16.4. The molecule has 2 N–H and O–H groups in total. The molecule has 0 amide bonds. The molecule has 5 heteroatoms. The van der Waals surface area contributed by atoms with Crippen LogP contribution in [0.4, 0.5) is 0 Å². The summed E-state index contributed by atoms with van der Waals surface area (Å²) in [6, 6.07) is 2.34. The van der Waals surface area contributed by atoms with Crippen molar-refractivity contribution in [2.45, 2.75) is 57.8 Å². The predicted molar refractivity (Wildman–Crippen MR) is 80.6 cm³/mol. The SMILES string of the molecule is Cc1cc(C)nc(SCCC(C)(CO)NC(C)C)n1. The highest BCUT2D eigenvalue weighted by atomic mass is 32.2. The summed E-state index contributed by atoms with van der Waals surface area (Å²) in [7, 11) is 0. The summed E-state index contributed by atoms with van der Waals surface area (Å²) in [5.74, 6) is 0.889. The van der Waals surface area contributed by atoms with Crippen molar-refractivity contribution < 1.29 is 5.11 Å². The van der Waals surface area contributed by atoms with Gasteiger partial charge in [0.15, 0.2) is 5.16 Å². The molecule has 4 nitrogen and oxygen atoms in total. The number of nitrogens with zero attached hydrogens (tertiary/aromatic N) is 2. The number of hydrogen-bond acceptors (Lipinski definition) is 5. The Morgan fingerprint density at radius 2 is 1.89 bits per heavy atom. The molecule has 0 saturated heterocycles. The third-order valence-corrected chi connectivity index (χ3v) is 3.68. The first-order valence-corrected chi connectivity index (χ1v) is 7.67. The lowest BCUT2D eigenvalue weighted by atomic mass is 9.99. The number of hydrogen-bond donors (Lipinski definition) is 2. The molecule has 1 rings (SSSR count). The summed E-state index contributed by atoms with van der Waals surface area (Å²) in [6.07, 6.45) is 0.878. The number of aromatic nitrogens is 2. The van der Waals surface area contributed by atoms with Gasteiger partial charge >= 0.3 is 0 Å². The Kier molecular flexibility index (Phi) is 6.23. The highest BCUT2D eigenvalue weighted by Gasteiger charge is 2.23. The maximum Gasteiger partial charge on any atom is 0.187 e. The van der Waals surface area contributed by atoms with Crippen LogP contribution in [0, 0.1) is 13.8 Å². The molecule has 19 heavy (non-hydrogen) atoms. The molecule has 1 unspecified atom stereocenters. The van der Waals surface area contributed by atoms with Crippen LogP contribution in [0.5, 0.6) is 0 Å². The van der Waals surface area contributed by atoms with Gasteiger partial charge in [0.05, 0.1) is 6.61 Å². The first-order chi connectivity index (χ1) is 8.84. The van der Waals surface area contributed by atoms with Crippen LogP contribution in [0.25, 0.3) is 0 Å². The van der Waals surface area contributed by atoms with Crippen LogP contribution < -0.4 is 5.32 Å². The summed E-state index contributed by atoms with van der Waals surface area (Å²) in [5, 5.41) is 13.7. The van der Waals surface area contributed by atoms with E-state index in [1.807, 2.05) is 19.9 Å². The Morgan fingerprint density at radius 1 is 1.32 bits per heavy atom. The average Bonchev–Trinajstić information content (AvgIpc) is 2.26. The number of aliphatic hydroxyl groups excluding tert-OH is 1. The zero-order valence-corrected chi connectivity index (χ0v) is 13.3.